The van der Waals surface area contributed by atoms with Gasteiger partial charge in [0.05, 0.1) is 6.10 Å². The number of rotatable bonds is 3. The summed E-state index contributed by atoms with van der Waals surface area (Å²) >= 11 is 0. The summed E-state index contributed by atoms with van der Waals surface area (Å²) in [7, 11) is 0. The largest absolute Gasteiger partial charge is 0.489 e. The molecule has 0 saturated carbocycles. The van der Waals surface area contributed by atoms with Crippen LogP contribution in [0, 0.1) is 13.8 Å². The van der Waals surface area contributed by atoms with Crippen molar-refractivity contribution in [2.24, 2.45) is 0 Å². The van der Waals surface area contributed by atoms with Crippen LogP contribution in [0.2, 0.25) is 0 Å². The second-order valence-electron chi connectivity index (χ2n) is 5.54. The molecule has 1 N–H and O–H groups in total. The predicted octanol–water partition coefficient (Wildman–Crippen LogP) is 3.86. The van der Waals surface area contributed by atoms with Crippen LogP contribution in [0.25, 0.3) is 0 Å². The normalized spacial score (nSPS) is 17.1. The maximum absolute atomic E-state index is 9.92. The molecule has 3 rings (SSSR count). The summed E-state index contributed by atoms with van der Waals surface area (Å²) in [6.07, 6.45) is 1.38. The number of hydrogen-bond acceptors (Lipinski definition) is 2. The van der Waals surface area contributed by atoms with Gasteiger partial charge in [0.2, 0.25) is 0 Å². The minimum atomic E-state index is -0.325. The fourth-order valence-electron chi connectivity index (χ4n) is 2.96. The minimum absolute atomic E-state index is 0.325. The van der Waals surface area contributed by atoms with Gasteiger partial charge in [0, 0.05) is 5.56 Å². The first kappa shape index (κ1) is 13.2. The van der Waals surface area contributed by atoms with E-state index in [-0.39, 0.29) is 6.10 Å². The first-order chi connectivity index (χ1) is 9.66. The van der Waals surface area contributed by atoms with Gasteiger partial charge in [-0.25, -0.2) is 0 Å². The monoisotopic (exact) mass is 268 g/mol. The summed E-state index contributed by atoms with van der Waals surface area (Å²) in [5.41, 5.74) is 5.98. The molecule has 1 atom stereocenters. The number of hydrogen-bond donors (Lipinski definition) is 1. The van der Waals surface area contributed by atoms with Crippen molar-refractivity contribution in [2.75, 3.05) is 0 Å². The number of fused-ring (bicyclic) bond motifs is 1. The Hall–Kier alpha value is -1.80. The molecule has 0 spiro atoms. The zero-order chi connectivity index (χ0) is 14.1. The maximum Gasteiger partial charge on any atom is 0.123 e. The van der Waals surface area contributed by atoms with E-state index in [0.717, 1.165) is 24.2 Å². The summed E-state index contributed by atoms with van der Waals surface area (Å²) in [4.78, 5) is 0. The Bertz CT molecular complexity index is 611. The highest BCUT2D eigenvalue weighted by molar-refractivity contribution is 5.44. The van der Waals surface area contributed by atoms with Crippen molar-refractivity contribution in [3.8, 4) is 5.75 Å². The third-order valence-electron chi connectivity index (χ3n) is 4.21. The van der Waals surface area contributed by atoms with E-state index < -0.39 is 0 Å². The third-order valence-corrected chi connectivity index (χ3v) is 4.21. The summed E-state index contributed by atoms with van der Waals surface area (Å²) in [6, 6.07) is 12.3. The van der Waals surface area contributed by atoms with E-state index in [9.17, 15) is 5.11 Å². The summed E-state index contributed by atoms with van der Waals surface area (Å²) in [5, 5.41) is 9.92. The Balaban J connectivity index is 1.83. The molecule has 2 aromatic rings. The average Bonchev–Trinajstić information content (AvgIpc) is 2.81. The molecule has 2 aromatic carbocycles. The Kier molecular flexibility index (Phi) is 3.49. The Labute approximate surface area is 120 Å². The van der Waals surface area contributed by atoms with E-state index in [2.05, 4.69) is 32.0 Å². The van der Waals surface area contributed by atoms with E-state index in [4.69, 9.17) is 4.74 Å². The second kappa shape index (κ2) is 5.29. The van der Waals surface area contributed by atoms with Crippen LogP contribution >= 0.6 is 0 Å². The number of ether oxygens (including phenoxy) is 1. The lowest BCUT2D eigenvalue weighted by Gasteiger charge is -2.14. The van der Waals surface area contributed by atoms with Gasteiger partial charge in [-0.1, -0.05) is 30.3 Å². The minimum Gasteiger partial charge on any atom is -0.489 e. The molecular weight excluding hydrogens is 248 g/mol. The van der Waals surface area contributed by atoms with Crippen molar-refractivity contribution in [2.45, 2.75) is 39.4 Å². The van der Waals surface area contributed by atoms with Gasteiger partial charge in [-0.05, 0) is 55.0 Å². The molecule has 1 aliphatic carbocycles. The van der Waals surface area contributed by atoms with Crippen LogP contribution in [-0.4, -0.2) is 5.11 Å². The van der Waals surface area contributed by atoms with Crippen LogP contribution in [0.4, 0.5) is 0 Å². The molecule has 0 fully saturated rings. The van der Waals surface area contributed by atoms with Gasteiger partial charge in [-0.15, -0.1) is 0 Å². The van der Waals surface area contributed by atoms with Gasteiger partial charge >= 0.3 is 0 Å². The lowest BCUT2D eigenvalue weighted by atomic mass is 10.0. The van der Waals surface area contributed by atoms with Crippen LogP contribution in [0.3, 0.4) is 0 Å². The average molecular weight is 268 g/mol. The molecule has 0 radical (unpaired) electrons. The Morgan fingerprint density at radius 1 is 1.10 bits per heavy atom. The van der Waals surface area contributed by atoms with E-state index in [1.807, 2.05) is 18.2 Å². The van der Waals surface area contributed by atoms with Crippen molar-refractivity contribution in [1.29, 1.82) is 0 Å². The smallest absolute Gasteiger partial charge is 0.123 e. The van der Waals surface area contributed by atoms with Gasteiger partial charge in [-0.3, -0.25) is 0 Å². The van der Waals surface area contributed by atoms with Gasteiger partial charge in [0.25, 0.3) is 0 Å². The lowest BCUT2D eigenvalue weighted by Crippen LogP contribution is -2.02. The molecule has 0 amide bonds. The molecule has 0 aromatic heterocycles. The Morgan fingerprint density at radius 3 is 2.55 bits per heavy atom. The lowest BCUT2D eigenvalue weighted by molar-refractivity contribution is 0.180. The number of aliphatic hydroxyl groups excluding tert-OH is 1. The molecule has 104 valence electrons. The zero-order valence-corrected chi connectivity index (χ0v) is 12.0. The highest BCUT2D eigenvalue weighted by atomic mass is 16.5. The van der Waals surface area contributed by atoms with Crippen LogP contribution < -0.4 is 4.74 Å². The molecule has 0 saturated heterocycles. The molecule has 2 nitrogen and oxygen atoms in total. The van der Waals surface area contributed by atoms with Crippen molar-refractivity contribution < 1.29 is 9.84 Å². The van der Waals surface area contributed by atoms with E-state index in [1.54, 1.807) is 0 Å². The van der Waals surface area contributed by atoms with Gasteiger partial charge in [0.1, 0.15) is 12.4 Å². The Morgan fingerprint density at radius 2 is 1.80 bits per heavy atom. The zero-order valence-electron chi connectivity index (χ0n) is 12.0. The van der Waals surface area contributed by atoms with Crippen LogP contribution in [0.5, 0.6) is 5.75 Å². The number of aliphatic hydroxyl groups is 1. The molecule has 1 unspecified atom stereocenters. The fraction of sp³-hybridized carbons (Fsp3) is 0.333. The van der Waals surface area contributed by atoms with Gasteiger partial charge in [-0.2, -0.15) is 0 Å². The van der Waals surface area contributed by atoms with Crippen molar-refractivity contribution in [3.63, 3.8) is 0 Å². The van der Waals surface area contributed by atoms with Crippen LogP contribution in [0.15, 0.2) is 36.4 Å². The summed E-state index contributed by atoms with van der Waals surface area (Å²) in [5.74, 6) is 0.918. The first-order valence-electron chi connectivity index (χ1n) is 7.14. The van der Waals surface area contributed by atoms with Crippen molar-refractivity contribution >= 4 is 0 Å². The number of aryl methyl sites for hydroxylation is 2. The quantitative estimate of drug-likeness (QED) is 0.916. The standard InChI is InChI=1S/C18H20O2/c1-12-5-3-6-13(2)16(12)11-20-18-8-4-7-14-15(18)9-10-17(14)19/h3-8,17,19H,9-11H2,1-2H3. The third kappa shape index (κ3) is 2.32. The first-order valence-corrected chi connectivity index (χ1v) is 7.14. The SMILES string of the molecule is Cc1cccc(C)c1COc1cccc2c1CCC2O. The van der Waals surface area contributed by atoms with Crippen molar-refractivity contribution in [3.05, 3.63) is 64.2 Å². The van der Waals surface area contributed by atoms with E-state index in [1.165, 1.54) is 22.3 Å². The molecular formula is C18H20O2. The van der Waals surface area contributed by atoms with E-state index >= 15 is 0 Å². The highest BCUT2D eigenvalue weighted by Crippen LogP contribution is 2.37. The van der Waals surface area contributed by atoms with Crippen LogP contribution in [0.1, 0.15) is 40.3 Å². The molecule has 1 aliphatic rings. The topological polar surface area (TPSA) is 29.5 Å². The molecule has 0 bridgehead atoms. The predicted molar refractivity (Wildman–Crippen MR) is 80.0 cm³/mol. The summed E-state index contributed by atoms with van der Waals surface area (Å²) in [6.45, 7) is 4.82. The van der Waals surface area contributed by atoms with Crippen LogP contribution in [-0.2, 0) is 13.0 Å². The highest BCUT2D eigenvalue weighted by Gasteiger charge is 2.23. The molecule has 0 heterocycles. The molecule has 20 heavy (non-hydrogen) atoms. The number of benzene rings is 2. The van der Waals surface area contributed by atoms with Crippen molar-refractivity contribution in [1.82, 2.24) is 0 Å². The van der Waals surface area contributed by atoms with Gasteiger partial charge < -0.3 is 9.84 Å². The summed E-state index contributed by atoms with van der Waals surface area (Å²) < 4.78 is 6.03. The molecule has 0 aliphatic heterocycles. The maximum atomic E-state index is 9.92. The second-order valence-corrected chi connectivity index (χ2v) is 5.54. The van der Waals surface area contributed by atoms with E-state index in [0.29, 0.717) is 6.61 Å². The molecule has 2 heteroatoms. The fourth-order valence-corrected chi connectivity index (χ4v) is 2.96. The van der Waals surface area contributed by atoms with Gasteiger partial charge in [0.15, 0.2) is 0 Å².